The van der Waals surface area contributed by atoms with E-state index in [1.165, 1.54) is 31.0 Å². The molecular weight excluding hydrogens is 409 g/mol. The lowest BCUT2D eigenvalue weighted by molar-refractivity contribution is 0.183. The predicted octanol–water partition coefficient (Wildman–Crippen LogP) is 3.88. The first-order valence-corrected chi connectivity index (χ1v) is 10.1. The molecule has 1 unspecified atom stereocenters. The van der Waals surface area contributed by atoms with Crippen LogP contribution in [0.1, 0.15) is 24.8 Å². The molecule has 30 heavy (non-hydrogen) atoms. The number of anilines is 2. The molecule has 1 saturated heterocycles. The van der Waals surface area contributed by atoms with Gasteiger partial charge in [-0.3, -0.25) is 4.90 Å². The van der Waals surface area contributed by atoms with Crippen molar-refractivity contribution in [3.63, 3.8) is 0 Å². The lowest BCUT2D eigenvalue weighted by atomic mass is 10.1. The molecule has 1 aliphatic heterocycles. The summed E-state index contributed by atoms with van der Waals surface area (Å²) in [5, 5.41) is 15.9. The number of benzene rings is 1. The third kappa shape index (κ3) is 3.90. The molecule has 8 nitrogen and oxygen atoms in total. The van der Waals surface area contributed by atoms with Crippen LogP contribution < -0.4 is 10.2 Å². The van der Waals surface area contributed by atoms with Crippen molar-refractivity contribution in [1.29, 1.82) is 0 Å². The van der Waals surface area contributed by atoms with E-state index in [4.69, 9.17) is 11.6 Å². The van der Waals surface area contributed by atoms with Crippen molar-refractivity contribution in [1.82, 2.24) is 19.9 Å². The van der Waals surface area contributed by atoms with E-state index in [1.807, 2.05) is 7.05 Å². The number of imidazole rings is 1. The highest BCUT2D eigenvalue weighted by Gasteiger charge is 2.25. The largest absolute Gasteiger partial charge is 0.409 e. The number of H-pyrrole nitrogens is 1. The zero-order chi connectivity index (χ0) is 21.3. The van der Waals surface area contributed by atoms with Crippen LogP contribution in [0.3, 0.4) is 0 Å². The number of amidine groups is 1. The molecule has 2 aromatic heterocycles. The number of aromatic amines is 1. The first-order chi connectivity index (χ1) is 14.5. The summed E-state index contributed by atoms with van der Waals surface area (Å²) in [6.07, 6.45) is 5.27. The van der Waals surface area contributed by atoms with Gasteiger partial charge in [0.2, 0.25) is 5.95 Å². The molecule has 0 aliphatic carbocycles. The van der Waals surface area contributed by atoms with Gasteiger partial charge >= 0.3 is 0 Å². The second-order valence-corrected chi connectivity index (χ2v) is 7.80. The Morgan fingerprint density at radius 1 is 1.40 bits per heavy atom. The number of nitrogens with zero attached hydrogens (tertiary/aromatic N) is 5. The summed E-state index contributed by atoms with van der Waals surface area (Å²) < 4.78 is 13.4. The number of hydrogen-bond acceptors (Lipinski definition) is 6. The highest BCUT2D eigenvalue weighted by atomic mass is 35.5. The van der Waals surface area contributed by atoms with Crippen molar-refractivity contribution in [2.75, 3.05) is 30.9 Å². The average Bonchev–Trinajstić information content (AvgIpc) is 3.19. The van der Waals surface area contributed by atoms with E-state index in [1.54, 1.807) is 12.3 Å². The lowest BCUT2D eigenvalue weighted by Crippen LogP contribution is -2.47. The number of oxime groups is 1. The van der Waals surface area contributed by atoms with E-state index in [9.17, 15) is 9.60 Å². The Morgan fingerprint density at radius 3 is 2.97 bits per heavy atom. The van der Waals surface area contributed by atoms with Gasteiger partial charge in [0.05, 0.1) is 16.7 Å². The maximum absolute atomic E-state index is 13.4. The molecule has 0 amide bonds. The molecule has 0 saturated carbocycles. The smallest absolute Gasteiger partial charge is 0.206 e. The summed E-state index contributed by atoms with van der Waals surface area (Å²) in [5.41, 5.74) is 2.20. The second-order valence-electron chi connectivity index (χ2n) is 7.39. The number of halogens is 2. The van der Waals surface area contributed by atoms with Crippen molar-refractivity contribution in [2.24, 2.45) is 5.16 Å². The van der Waals surface area contributed by atoms with Gasteiger partial charge < -0.3 is 20.4 Å². The molecule has 3 N–H and O–H groups in total. The summed E-state index contributed by atoms with van der Waals surface area (Å²) in [6, 6.07) is 5.89. The summed E-state index contributed by atoms with van der Waals surface area (Å²) in [4.78, 5) is 16.7. The van der Waals surface area contributed by atoms with Gasteiger partial charge in [0.1, 0.15) is 5.82 Å². The molecule has 3 aromatic rings. The molecule has 0 spiro atoms. The molecule has 4 rings (SSSR count). The number of fused-ring (bicyclic) bond motifs is 1. The second kappa shape index (κ2) is 8.45. The summed E-state index contributed by atoms with van der Waals surface area (Å²) >= 11 is 5.85. The zero-order valence-electron chi connectivity index (χ0n) is 16.7. The number of nitrogens with one attached hydrogen (secondary N) is 2. The topological polar surface area (TPSA) is 92.7 Å². The van der Waals surface area contributed by atoms with Crippen LogP contribution in [0.25, 0.3) is 11.2 Å². The fraction of sp³-hybridized carbons (Fsp3) is 0.350. The average molecular weight is 432 g/mol. The van der Waals surface area contributed by atoms with Crippen LogP contribution in [0.5, 0.6) is 0 Å². The van der Waals surface area contributed by atoms with Gasteiger partial charge in [-0.2, -0.15) is 4.98 Å². The Balaban J connectivity index is 1.66. The fourth-order valence-corrected chi connectivity index (χ4v) is 3.99. The molecule has 1 aromatic carbocycles. The third-order valence-electron chi connectivity index (χ3n) is 5.43. The normalized spacial score (nSPS) is 18.0. The van der Waals surface area contributed by atoms with Gasteiger partial charge in [-0.05, 0) is 57.1 Å². The highest BCUT2D eigenvalue weighted by Crippen LogP contribution is 2.25. The third-order valence-corrected chi connectivity index (χ3v) is 5.72. The standard InChI is InChI=1S/C20H23ClFN7O/c1-28-10-4-3-5-16(28)29(2)20-25-17-13(8-9-23-19(17)26-20)18(27-30)24-12-6-7-15(22)14(21)11-12/h6-9,11,16,30H,3-5,10H2,1-2H3,(H,24,27)(H,23,25,26). The molecule has 0 radical (unpaired) electrons. The van der Waals surface area contributed by atoms with Crippen LogP contribution in [0.15, 0.2) is 35.6 Å². The van der Waals surface area contributed by atoms with Crippen LogP contribution in [-0.2, 0) is 0 Å². The van der Waals surface area contributed by atoms with Crippen LogP contribution in [0, 0.1) is 5.82 Å². The Morgan fingerprint density at radius 2 is 2.23 bits per heavy atom. The molecule has 0 bridgehead atoms. The van der Waals surface area contributed by atoms with Crippen LogP contribution in [0.4, 0.5) is 16.0 Å². The molecular formula is C20H23ClFN7O. The predicted molar refractivity (Wildman–Crippen MR) is 116 cm³/mol. The minimum absolute atomic E-state index is 0.0285. The zero-order valence-corrected chi connectivity index (χ0v) is 17.5. The lowest BCUT2D eigenvalue weighted by Gasteiger charge is -2.38. The van der Waals surface area contributed by atoms with Crippen LogP contribution >= 0.6 is 11.6 Å². The molecule has 1 atom stereocenters. The monoisotopic (exact) mass is 431 g/mol. The van der Waals surface area contributed by atoms with E-state index in [0.717, 1.165) is 13.0 Å². The minimum atomic E-state index is -0.523. The van der Waals surface area contributed by atoms with Crippen molar-refractivity contribution >= 4 is 40.2 Å². The van der Waals surface area contributed by atoms with E-state index >= 15 is 0 Å². The number of likely N-dealkylation sites (tertiary alicyclic amines) is 1. The van der Waals surface area contributed by atoms with E-state index < -0.39 is 5.82 Å². The van der Waals surface area contributed by atoms with Gasteiger partial charge in [0.25, 0.3) is 0 Å². The Bertz CT molecular complexity index is 1090. The van der Waals surface area contributed by atoms with Crippen LogP contribution in [0.2, 0.25) is 5.02 Å². The first kappa shape index (κ1) is 20.4. The van der Waals surface area contributed by atoms with Gasteiger partial charge in [-0.25, -0.2) is 9.37 Å². The summed E-state index contributed by atoms with van der Waals surface area (Å²) in [5.74, 6) is 0.327. The summed E-state index contributed by atoms with van der Waals surface area (Å²) in [6.45, 7) is 1.05. The molecule has 1 fully saturated rings. The first-order valence-electron chi connectivity index (χ1n) is 9.70. The highest BCUT2D eigenvalue weighted by molar-refractivity contribution is 6.31. The number of pyridine rings is 1. The Hall–Kier alpha value is -2.91. The van der Waals surface area contributed by atoms with Crippen molar-refractivity contribution in [2.45, 2.75) is 25.4 Å². The van der Waals surface area contributed by atoms with Gasteiger partial charge in [0.15, 0.2) is 11.5 Å². The molecule has 10 heteroatoms. The summed E-state index contributed by atoms with van der Waals surface area (Å²) in [7, 11) is 4.12. The van der Waals surface area contributed by atoms with Gasteiger partial charge in [-0.1, -0.05) is 16.8 Å². The quantitative estimate of drug-likeness (QED) is 0.251. The number of hydrogen-bond donors (Lipinski definition) is 3. The molecule has 1 aliphatic rings. The van der Waals surface area contributed by atoms with E-state index in [0.29, 0.717) is 28.4 Å². The Kier molecular flexibility index (Phi) is 5.74. The van der Waals surface area contributed by atoms with E-state index in [2.05, 4.69) is 42.3 Å². The SMILES string of the molecule is CN1CCCCC1N(C)c1nc2nccc(/C(=N\O)Nc3ccc(F)c(Cl)c3)c2[nH]1. The molecule has 3 heterocycles. The maximum Gasteiger partial charge on any atom is 0.206 e. The van der Waals surface area contributed by atoms with E-state index in [-0.39, 0.29) is 17.0 Å². The van der Waals surface area contributed by atoms with Crippen molar-refractivity contribution < 1.29 is 9.60 Å². The number of rotatable bonds is 4. The fourth-order valence-electron chi connectivity index (χ4n) is 3.81. The van der Waals surface area contributed by atoms with Gasteiger partial charge in [-0.15, -0.1) is 0 Å². The van der Waals surface area contributed by atoms with Gasteiger partial charge in [0, 0.05) is 24.5 Å². The Labute approximate surface area is 178 Å². The van der Waals surface area contributed by atoms with Crippen molar-refractivity contribution in [3.05, 3.63) is 46.9 Å². The number of aromatic nitrogens is 3. The number of piperidine rings is 1. The maximum atomic E-state index is 13.4. The van der Waals surface area contributed by atoms with Crippen molar-refractivity contribution in [3.8, 4) is 0 Å². The molecule has 158 valence electrons. The van der Waals surface area contributed by atoms with Crippen LogP contribution in [-0.4, -0.2) is 57.7 Å². The minimum Gasteiger partial charge on any atom is -0.409 e.